The standard InChI is InChI=1S/C12H16N4OS/c13-6-10-3-4-11(18-10)8-16-12(14)15-7-9-2-1-5-17-9/h3-4,9H,1-2,5,7-8H2,(H3,14,15,16). The third-order valence-electron chi connectivity index (χ3n) is 2.71. The molecule has 1 atom stereocenters. The Hall–Kier alpha value is -1.58. The normalized spacial score (nSPS) is 19.7. The number of nitrogens with two attached hydrogens (primary N) is 1. The average molecular weight is 264 g/mol. The predicted molar refractivity (Wildman–Crippen MR) is 71.3 cm³/mol. The van der Waals surface area contributed by atoms with Crippen molar-refractivity contribution in [2.45, 2.75) is 25.5 Å². The van der Waals surface area contributed by atoms with Crippen LogP contribution in [0.15, 0.2) is 17.1 Å². The zero-order valence-corrected chi connectivity index (χ0v) is 10.9. The first kappa shape index (κ1) is 12.9. The van der Waals surface area contributed by atoms with Crippen molar-refractivity contribution in [3.63, 3.8) is 0 Å². The molecular weight excluding hydrogens is 248 g/mol. The second-order valence-electron chi connectivity index (χ2n) is 4.10. The Kier molecular flexibility index (Phi) is 4.56. The lowest BCUT2D eigenvalue weighted by molar-refractivity contribution is 0.114. The lowest BCUT2D eigenvalue weighted by Crippen LogP contribution is -2.37. The van der Waals surface area contributed by atoms with Gasteiger partial charge in [0.25, 0.3) is 0 Å². The van der Waals surface area contributed by atoms with Gasteiger partial charge in [-0.15, -0.1) is 11.3 Å². The Morgan fingerprint density at radius 2 is 2.56 bits per heavy atom. The van der Waals surface area contributed by atoms with Crippen molar-refractivity contribution < 1.29 is 4.74 Å². The summed E-state index contributed by atoms with van der Waals surface area (Å²) >= 11 is 1.44. The quantitative estimate of drug-likeness (QED) is 0.632. The molecule has 0 spiro atoms. The minimum Gasteiger partial charge on any atom is -0.376 e. The van der Waals surface area contributed by atoms with E-state index in [1.54, 1.807) is 6.07 Å². The van der Waals surface area contributed by atoms with Crippen LogP contribution < -0.4 is 11.1 Å². The fourth-order valence-electron chi connectivity index (χ4n) is 1.77. The van der Waals surface area contributed by atoms with Crippen LogP contribution in [0.2, 0.25) is 0 Å². The molecule has 6 heteroatoms. The number of nitrogens with one attached hydrogen (secondary N) is 1. The highest BCUT2D eigenvalue weighted by Crippen LogP contribution is 2.16. The molecule has 18 heavy (non-hydrogen) atoms. The molecule has 2 rings (SSSR count). The van der Waals surface area contributed by atoms with Gasteiger partial charge in [-0.25, -0.2) is 4.99 Å². The van der Waals surface area contributed by atoms with E-state index in [0.29, 0.717) is 23.9 Å². The van der Waals surface area contributed by atoms with E-state index in [9.17, 15) is 0 Å². The largest absolute Gasteiger partial charge is 0.376 e. The zero-order chi connectivity index (χ0) is 12.8. The molecule has 2 heterocycles. The summed E-state index contributed by atoms with van der Waals surface area (Å²) < 4.78 is 5.48. The first-order valence-electron chi connectivity index (χ1n) is 5.92. The molecule has 0 bridgehead atoms. The maximum absolute atomic E-state index is 8.71. The van der Waals surface area contributed by atoms with Crippen LogP contribution in [-0.4, -0.2) is 25.2 Å². The van der Waals surface area contributed by atoms with Crippen molar-refractivity contribution >= 4 is 17.3 Å². The number of ether oxygens (including phenoxy) is 1. The summed E-state index contributed by atoms with van der Waals surface area (Å²) in [5, 5.41) is 11.8. The summed E-state index contributed by atoms with van der Waals surface area (Å²) in [5.41, 5.74) is 5.76. The Labute approximate surface area is 110 Å². The monoisotopic (exact) mass is 264 g/mol. The summed E-state index contributed by atoms with van der Waals surface area (Å²) in [5.74, 6) is 0.428. The molecule has 5 nitrogen and oxygen atoms in total. The van der Waals surface area contributed by atoms with Gasteiger partial charge in [-0.05, 0) is 25.0 Å². The molecule has 1 aromatic rings. The van der Waals surface area contributed by atoms with Crippen molar-refractivity contribution in [3.8, 4) is 6.07 Å². The molecule has 1 unspecified atom stereocenters. The average Bonchev–Trinajstić information content (AvgIpc) is 3.04. The fraction of sp³-hybridized carbons (Fsp3) is 0.500. The molecule has 1 saturated heterocycles. The van der Waals surface area contributed by atoms with Gasteiger partial charge in [0, 0.05) is 18.0 Å². The van der Waals surface area contributed by atoms with E-state index in [1.807, 2.05) is 6.07 Å². The zero-order valence-electron chi connectivity index (χ0n) is 10.1. The van der Waals surface area contributed by atoms with Crippen LogP contribution >= 0.6 is 11.3 Å². The number of hydrogen-bond donors (Lipinski definition) is 2. The molecule has 1 aromatic heterocycles. The van der Waals surface area contributed by atoms with Crippen LogP contribution in [0.25, 0.3) is 0 Å². The SMILES string of the molecule is N#Cc1ccc(CN=C(N)NCC2CCCO2)s1. The van der Waals surface area contributed by atoms with E-state index >= 15 is 0 Å². The van der Waals surface area contributed by atoms with Crippen molar-refractivity contribution in [2.75, 3.05) is 13.2 Å². The summed E-state index contributed by atoms with van der Waals surface area (Å²) in [6.45, 7) is 2.06. The Morgan fingerprint density at radius 1 is 1.67 bits per heavy atom. The minimum absolute atomic E-state index is 0.255. The topological polar surface area (TPSA) is 83.4 Å². The Balaban J connectivity index is 1.75. The molecule has 0 radical (unpaired) electrons. The molecule has 0 aliphatic carbocycles. The van der Waals surface area contributed by atoms with Crippen LogP contribution in [0.3, 0.4) is 0 Å². The molecule has 1 fully saturated rings. The number of guanidine groups is 1. The molecule has 0 aromatic carbocycles. The number of thiophene rings is 1. The molecule has 0 amide bonds. The van der Waals surface area contributed by atoms with Gasteiger partial charge in [-0.3, -0.25) is 0 Å². The molecule has 96 valence electrons. The smallest absolute Gasteiger partial charge is 0.189 e. The Bertz CT molecular complexity index is 457. The van der Waals surface area contributed by atoms with E-state index in [1.165, 1.54) is 11.3 Å². The predicted octanol–water partition coefficient (Wildman–Crippen LogP) is 1.20. The second kappa shape index (κ2) is 6.38. The van der Waals surface area contributed by atoms with Crippen LogP contribution in [-0.2, 0) is 11.3 Å². The van der Waals surface area contributed by atoms with Gasteiger partial charge in [-0.1, -0.05) is 0 Å². The summed E-state index contributed by atoms with van der Waals surface area (Å²) in [6.07, 6.45) is 2.46. The van der Waals surface area contributed by atoms with Gasteiger partial charge in [-0.2, -0.15) is 5.26 Å². The third-order valence-corrected chi connectivity index (χ3v) is 3.69. The second-order valence-corrected chi connectivity index (χ2v) is 5.26. The minimum atomic E-state index is 0.255. The highest BCUT2D eigenvalue weighted by atomic mass is 32.1. The maximum atomic E-state index is 8.71. The van der Waals surface area contributed by atoms with E-state index in [4.69, 9.17) is 15.7 Å². The lowest BCUT2D eigenvalue weighted by atomic mass is 10.2. The van der Waals surface area contributed by atoms with E-state index in [0.717, 1.165) is 24.3 Å². The fourth-order valence-corrected chi connectivity index (χ4v) is 2.50. The lowest BCUT2D eigenvalue weighted by Gasteiger charge is -2.10. The van der Waals surface area contributed by atoms with E-state index < -0.39 is 0 Å². The van der Waals surface area contributed by atoms with E-state index in [-0.39, 0.29) is 6.10 Å². The number of hydrogen-bond acceptors (Lipinski definition) is 4. The van der Waals surface area contributed by atoms with Gasteiger partial charge in [0.05, 0.1) is 12.6 Å². The number of nitrogens with zero attached hydrogens (tertiary/aromatic N) is 2. The molecule has 1 aliphatic heterocycles. The highest BCUT2D eigenvalue weighted by Gasteiger charge is 2.14. The van der Waals surface area contributed by atoms with Gasteiger partial charge in [0.1, 0.15) is 10.9 Å². The number of nitriles is 1. The first-order valence-corrected chi connectivity index (χ1v) is 6.74. The van der Waals surface area contributed by atoms with Gasteiger partial charge in [0.2, 0.25) is 0 Å². The number of rotatable bonds is 4. The van der Waals surface area contributed by atoms with Crippen molar-refractivity contribution in [2.24, 2.45) is 10.7 Å². The molecule has 3 N–H and O–H groups in total. The van der Waals surface area contributed by atoms with Crippen molar-refractivity contribution in [1.29, 1.82) is 5.26 Å². The van der Waals surface area contributed by atoms with Crippen molar-refractivity contribution in [3.05, 3.63) is 21.9 Å². The summed E-state index contributed by atoms with van der Waals surface area (Å²) in [4.78, 5) is 5.97. The molecule has 1 aliphatic rings. The maximum Gasteiger partial charge on any atom is 0.189 e. The Morgan fingerprint density at radius 3 is 3.22 bits per heavy atom. The van der Waals surface area contributed by atoms with Crippen LogP contribution in [0, 0.1) is 11.3 Å². The summed E-state index contributed by atoms with van der Waals surface area (Å²) in [6, 6.07) is 5.80. The first-order chi connectivity index (χ1) is 8.78. The van der Waals surface area contributed by atoms with Crippen LogP contribution in [0.4, 0.5) is 0 Å². The number of aliphatic imine (C=N–C) groups is 1. The van der Waals surface area contributed by atoms with Gasteiger partial charge in [0.15, 0.2) is 5.96 Å². The van der Waals surface area contributed by atoms with Crippen LogP contribution in [0.5, 0.6) is 0 Å². The van der Waals surface area contributed by atoms with Gasteiger partial charge >= 0.3 is 0 Å². The highest BCUT2D eigenvalue weighted by molar-refractivity contribution is 7.12. The summed E-state index contributed by atoms with van der Waals surface area (Å²) in [7, 11) is 0. The third kappa shape index (κ3) is 3.72. The van der Waals surface area contributed by atoms with Crippen molar-refractivity contribution in [1.82, 2.24) is 5.32 Å². The molecular formula is C12H16N4OS. The van der Waals surface area contributed by atoms with Crippen LogP contribution in [0.1, 0.15) is 22.6 Å². The van der Waals surface area contributed by atoms with E-state index in [2.05, 4.69) is 16.4 Å². The molecule has 0 saturated carbocycles. The van der Waals surface area contributed by atoms with Gasteiger partial charge < -0.3 is 15.8 Å².